The molecule has 0 amide bonds. The molecule has 100 valence electrons. The Kier molecular flexibility index (Phi) is 5.51. The monoisotopic (exact) mass is 310 g/mol. The number of piperidine rings is 1. The van der Waals surface area contributed by atoms with Crippen molar-refractivity contribution in [3.8, 4) is 0 Å². The molecule has 3 heteroatoms. The lowest BCUT2D eigenvalue weighted by atomic mass is 10.0. The Hall–Kier alpha value is -0.540. The Labute approximate surface area is 119 Å². The van der Waals surface area contributed by atoms with E-state index in [-0.39, 0.29) is 0 Å². The molecule has 0 aromatic heterocycles. The number of para-hydroxylation sites is 1. The van der Waals surface area contributed by atoms with E-state index in [2.05, 4.69) is 51.3 Å². The van der Waals surface area contributed by atoms with E-state index in [1.54, 1.807) is 0 Å². The van der Waals surface area contributed by atoms with Gasteiger partial charge in [0.15, 0.2) is 0 Å². The van der Waals surface area contributed by atoms with Crippen molar-refractivity contribution >= 4 is 21.6 Å². The summed E-state index contributed by atoms with van der Waals surface area (Å²) in [4.78, 5) is 2.65. The zero-order chi connectivity index (χ0) is 12.8. The van der Waals surface area contributed by atoms with Crippen LogP contribution in [0.3, 0.4) is 0 Å². The highest BCUT2D eigenvalue weighted by Crippen LogP contribution is 2.22. The molecular formula is C15H23BrN2. The number of halogens is 1. The minimum absolute atomic E-state index is 0.805. The van der Waals surface area contributed by atoms with Gasteiger partial charge in [0.1, 0.15) is 0 Å². The molecule has 1 aliphatic heterocycles. The molecule has 2 rings (SSSR count). The predicted molar refractivity (Wildman–Crippen MR) is 82.1 cm³/mol. The van der Waals surface area contributed by atoms with E-state index in [4.69, 9.17) is 0 Å². The third-order valence-corrected chi connectivity index (χ3v) is 4.50. The first-order valence-electron chi connectivity index (χ1n) is 7.03. The van der Waals surface area contributed by atoms with Gasteiger partial charge in [0.05, 0.1) is 0 Å². The zero-order valence-corrected chi connectivity index (χ0v) is 12.7. The summed E-state index contributed by atoms with van der Waals surface area (Å²) in [6, 6.07) is 9.13. The van der Waals surface area contributed by atoms with Gasteiger partial charge < -0.3 is 5.32 Å². The molecule has 1 N–H and O–H groups in total. The predicted octanol–water partition coefficient (Wildman–Crippen LogP) is 4.13. The van der Waals surface area contributed by atoms with E-state index in [9.17, 15) is 0 Å². The number of likely N-dealkylation sites (tertiary alicyclic amines) is 1. The molecule has 2 nitrogen and oxygen atoms in total. The molecule has 1 aromatic carbocycles. The van der Waals surface area contributed by atoms with Crippen LogP contribution in [0, 0.1) is 0 Å². The van der Waals surface area contributed by atoms with Crippen LogP contribution in [0.4, 0.5) is 5.69 Å². The maximum absolute atomic E-state index is 3.57. The van der Waals surface area contributed by atoms with Gasteiger partial charge in [0, 0.05) is 29.3 Å². The zero-order valence-electron chi connectivity index (χ0n) is 11.2. The van der Waals surface area contributed by atoms with Crippen molar-refractivity contribution in [2.24, 2.45) is 0 Å². The van der Waals surface area contributed by atoms with E-state index >= 15 is 0 Å². The van der Waals surface area contributed by atoms with E-state index in [1.807, 2.05) is 6.07 Å². The summed E-state index contributed by atoms with van der Waals surface area (Å²) in [5, 5.41) is 3.52. The highest BCUT2D eigenvalue weighted by atomic mass is 79.9. The van der Waals surface area contributed by atoms with Gasteiger partial charge in [-0.15, -0.1) is 0 Å². The van der Waals surface area contributed by atoms with Gasteiger partial charge in [-0.3, -0.25) is 4.90 Å². The summed E-state index contributed by atoms with van der Waals surface area (Å²) in [7, 11) is 0. The Morgan fingerprint density at radius 2 is 2.17 bits per heavy atom. The van der Waals surface area contributed by atoms with Gasteiger partial charge in [-0.1, -0.05) is 25.5 Å². The van der Waals surface area contributed by atoms with E-state index < -0.39 is 0 Å². The third-order valence-electron chi connectivity index (χ3n) is 3.81. The van der Waals surface area contributed by atoms with Crippen molar-refractivity contribution in [3.05, 3.63) is 28.7 Å². The molecular weight excluding hydrogens is 288 g/mol. The summed E-state index contributed by atoms with van der Waals surface area (Å²) >= 11 is 3.57. The first-order valence-corrected chi connectivity index (χ1v) is 7.83. The second kappa shape index (κ2) is 7.15. The molecule has 1 atom stereocenters. The van der Waals surface area contributed by atoms with Gasteiger partial charge >= 0.3 is 0 Å². The molecule has 0 spiro atoms. The standard InChI is InChI=1S/C15H23BrN2/c1-2-13-7-5-6-11-18(13)12-10-17-15-9-4-3-8-14(15)16/h3-4,8-9,13,17H,2,5-7,10-12H2,1H3. The summed E-state index contributed by atoms with van der Waals surface area (Å²) in [5.74, 6) is 0. The second-order valence-corrected chi connectivity index (χ2v) is 5.85. The Balaban J connectivity index is 1.79. The molecule has 0 radical (unpaired) electrons. The molecule has 1 fully saturated rings. The lowest BCUT2D eigenvalue weighted by Crippen LogP contribution is -2.41. The highest BCUT2D eigenvalue weighted by Gasteiger charge is 2.19. The fraction of sp³-hybridized carbons (Fsp3) is 0.600. The van der Waals surface area contributed by atoms with Crippen LogP contribution in [-0.4, -0.2) is 30.6 Å². The maximum atomic E-state index is 3.57. The number of benzene rings is 1. The van der Waals surface area contributed by atoms with Gasteiger partial charge in [0.2, 0.25) is 0 Å². The molecule has 1 saturated heterocycles. The van der Waals surface area contributed by atoms with E-state index in [1.165, 1.54) is 37.9 Å². The molecule has 18 heavy (non-hydrogen) atoms. The number of hydrogen-bond acceptors (Lipinski definition) is 2. The Morgan fingerprint density at radius 1 is 1.33 bits per heavy atom. The number of hydrogen-bond donors (Lipinski definition) is 1. The minimum atomic E-state index is 0.805. The lowest BCUT2D eigenvalue weighted by Gasteiger charge is -2.35. The maximum Gasteiger partial charge on any atom is 0.0485 e. The van der Waals surface area contributed by atoms with Crippen LogP contribution in [0.1, 0.15) is 32.6 Å². The number of rotatable bonds is 5. The average Bonchev–Trinajstić information content (AvgIpc) is 2.41. The van der Waals surface area contributed by atoms with Gasteiger partial charge in [-0.25, -0.2) is 0 Å². The SMILES string of the molecule is CCC1CCCCN1CCNc1ccccc1Br. The smallest absolute Gasteiger partial charge is 0.0485 e. The Morgan fingerprint density at radius 3 is 2.94 bits per heavy atom. The molecule has 0 bridgehead atoms. The van der Waals surface area contributed by atoms with Crippen LogP contribution >= 0.6 is 15.9 Å². The molecule has 1 aromatic rings. The van der Waals surface area contributed by atoms with Crippen LogP contribution in [0.15, 0.2) is 28.7 Å². The second-order valence-electron chi connectivity index (χ2n) is 5.00. The highest BCUT2D eigenvalue weighted by molar-refractivity contribution is 9.10. The molecule has 0 saturated carbocycles. The normalized spacial score (nSPS) is 20.9. The number of anilines is 1. The molecule has 1 aliphatic rings. The first kappa shape index (κ1) is 13.9. The average molecular weight is 311 g/mol. The first-order chi connectivity index (χ1) is 8.81. The number of nitrogens with one attached hydrogen (secondary N) is 1. The van der Waals surface area contributed by atoms with E-state index in [0.717, 1.165) is 23.6 Å². The molecule has 1 unspecified atom stereocenters. The fourth-order valence-corrected chi connectivity index (χ4v) is 3.18. The molecule has 1 heterocycles. The van der Waals surface area contributed by atoms with Crippen LogP contribution in [-0.2, 0) is 0 Å². The fourth-order valence-electron chi connectivity index (χ4n) is 2.76. The Bertz CT molecular complexity index is 367. The third kappa shape index (κ3) is 3.72. The summed E-state index contributed by atoms with van der Waals surface area (Å²) < 4.78 is 1.15. The lowest BCUT2D eigenvalue weighted by molar-refractivity contribution is 0.150. The quantitative estimate of drug-likeness (QED) is 0.880. The van der Waals surface area contributed by atoms with Crippen molar-refractivity contribution in [2.75, 3.05) is 25.0 Å². The summed E-state index contributed by atoms with van der Waals surface area (Å²) in [6.07, 6.45) is 5.44. The summed E-state index contributed by atoms with van der Waals surface area (Å²) in [5.41, 5.74) is 1.20. The molecule has 0 aliphatic carbocycles. The topological polar surface area (TPSA) is 15.3 Å². The van der Waals surface area contributed by atoms with Crippen molar-refractivity contribution in [2.45, 2.75) is 38.6 Å². The van der Waals surface area contributed by atoms with Crippen molar-refractivity contribution in [1.29, 1.82) is 0 Å². The van der Waals surface area contributed by atoms with Crippen LogP contribution in [0.25, 0.3) is 0 Å². The van der Waals surface area contributed by atoms with Crippen LogP contribution in [0.5, 0.6) is 0 Å². The minimum Gasteiger partial charge on any atom is -0.383 e. The van der Waals surface area contributed by atoms with Gasteiger partial charge in [0.25, 0.3) is 0 Å². The van der Waals surface area contributed by atoms with Crippen molar-refractivity contribution < 1.29 is 0 Å². The van der Waals surface area contributed by atoms with Crippen LogP contribution in [0.2, 0.25) is 0 Å². The van der Waals surface area contributed by atoms with Gasteiger partial charge in [-0.2, -0.15) is 0 Å². The van der Waals surface area contributed by atoms with Crippen molar-refractivity contribution in [3.63, 3.8) is 0 Å². The number of nitrogens with zero attached hydrogens (tertiary/aromatic N) is 1. The van der Waals surface area contributed by atoms with E-state index in [0.29, 0.717) is 0 Å². The van der Waals surface area contributed by atoms with Gasteiger partial charge in [-0.05, 0) is 53.9 Å². The summed E-state index contributed by atoms with van der Waals surface area (Å²) in [6.45, 7) is 5.76. The largest absolute Gasteiger partial charge is 0.383 e. The van der Waals surface area contributed by atoms with Crippen molar-refractivity contribution in [1.82, 2.24) is 4.90 Å². The van der Waals surface area contributed by atoms with Crippen LogP contribution < -0.4 is 5.32 Å².